The lowest BCUT2D eigenvalue weighted by atomic mass is 10.0. The molecule has 2 N–H and O–H groups in total. The summed E-state index contributed by atoms with van der Waals surface area (Å²) in [5.41, 5.74) is 5.71. The molecule has 17 heavy (non-hydrogen) atoms. The van der Waals surface area contributed by atoms with Gasteiger partial charge in [-0.3, -0.25) is 4.79 Å². The molecule has 0 bridgehead atoms. The molecule has 0 aromatic heterocycles. The molecule has 102 valence electrons. The van der Waals surface area contributed by atoms with Crippen molar-refractivity contribution in [3.63, 3.8) is 0 Å². The molecule has 0 spiro atoms. The molecule has 3 heteroatoms. The fourth-order valence-electron chi connectivity index (χ4n) is 2.05. The number of rotatable bonds is 9. The first kappa shape index (κ1) is 16.4. The van der Waals surface area contributed by atoms with Crippen LogP contribution in [0.2, 0.25) is 0 Å². The minimum atomic E-state index is 0.145. The van der Waals surface area contributed by atoms with E-state index >= 15 is 0 Å². The Hall–Kier alpha value is -0.570. The van der Waals surface area contributed by atoms with Gasteiger partial charge in [0.05, 0.1) is 0 Å². The standard InChI is InChI=1S/C14H30N2O/c1-5-10-16(11-6-2)14(17)12(3)8-7-9-13(4)15/h12-13H,5-11,15H2,1-4H3. The molecule has 0 aliphatic carbocycles. The van der Waals surface area contributed by atoms with Crippen LogP contribution in [0.3, 0.4) is 0 Å². The second kappa shape index (κ2) is 9.46. The second-order valence-electron chi connectivity index (χ2n) is 5.13. The van der Waals surface area contributed by atoms with Crippen molar-refractivity contribution in [2.45, 2.75) is 65.8 Å². The van der Waals surface area contributed by atoms with E-state index in [1.54, 1.807) is 0 Å². The highest BCUT2D eigenvalue weighted by molar-refractivity contribution is 5.78. The first-order chi connectivity index (χ1) is 8.02. The fourth-order valence-corrected chi connectivity index (χ4v) is 2.05. The normalized spacial score (nSPS) is 14.4. The van der Waals surface area contributed by atoms with Crippen LogP contribution in [-0.4, -0.2) is 29.9 Å². The van der Waals surface area contributed by atoms with Crippen LogP contribution in [0.25, 0.3) is 0 Å². The van der Waals surface area contributed by atoms with Crippen LogP contribution in [0.4, 0.5) is 0 Å². The fraction of sp³-hybridized carbons (Fsp3) is 0.929. The summed E-state index contributed by atoms with van der Waals surface area (Å²) in [6.45, 7) is 10.1. The molecule has 1 amide bonds. The molecule has 0 aromatic rings. The predicted octanol–water partition coefficient (Wildman–Crippen LogP) is 2.79. The van der Waals surface area contributed by atoms with Crippen LogP contribution in [0.15, 0.2) is 0 Å². The summed E-state index contributed by atoms with van der Waals surface area (Å²) in [5, 5.41) is 0. The molecule has 0 aliphatic heterocycles. The Bertz CT molecular complexity index is 198. The van der Waals surface area contributed by atoms with E-state index in [0.717, 1.165) is 45.2 Å². The Kier molecular flexibility index (Phi) is 9.14. The molecule has 2 unspecified atom stereocenters. The molecule has 0 aliphatic rings. The Morgan fingerprint density at radius 1 is 1.12 bits per heavy atom. The van der Waals surface area contributed by atoms with Gasteiger partial charge in [-0.15, -0.1) is 0 Å². The molecule has 2 atom stereocenters. The molecule has 0 rings (SSSR count). The van der Waals surface area contributed by atoms with Gasteiger partial charge in [0.15, 0.2) is 0 Å². The lowest BCUT2D eigenvalue weighted by molar-refractivity contribution is -0.135. The van der Waals surface area contributed by atoms with E-state index in [0.29, 0.717) is 5.91 Å². The maximum absolute atomic E-state index is 12.2. The van der Waals surface area contributed by atoms with E-state index in [-0.39, 0.29) is 12.0 Å². The van der Waals surface area contributed by atoms with Gasteiger partial charge >= 0.3 is 0 Å². The van der Waals surface area contributed by atoms with Gasteiger partial charge in [-0.2, -0.15) is 0 Å². The van der Waals surface area contributed by atoms with Crippen LogP contribution < -0.4 is 5.73 Å². The topological polar surface area (TPSA) is 46.3 Å². The van der Waals surface area contributed by atoms with Gasteiger partial charge in [0.1, 0.15) is 0 Å². The van der Waals surface area contributed by atoms with Gasteiger partial charge in [0, 0.05) is 25.0 Å². The summed E-state index contributed by atoms with van der Waals surface area (Å²) < 4.78 is 0. The summed E-state index contributed by atoms with van der Waals surface area (Å²) >= 11 is 0. The zero-order valence-electron chi connectivity index (χ0n) is 12.0. The van der Waals surface area contributed by atoms with E-state index in [2.05, 4.69) is 13.8 Å². The smallest absolute Gasteiger partial charge is 0.225 e. The Labute approximate surface area is 107 Å². The summed E-state index contributed by atoms with van der Waals surface area (Å²) in [5.74, 6) is 0.463. The van der Waals surface area contributed by atoms with Crippen molar-refractivity contribution in [1.29, 1.82) is 0 Å². The quantitative estimate of drug-likeness (QED) is 0.676. The van der Waals surface area contributed by atoms with Gasteiger partial charge in [-0.1, -0.05) is 27.2 Å². The molecule has 0 heterocycles. The van der Waals surface area contributed by atoms with Gasteiger partial charge < -0.3 is 10.6 Å². The summed E-state index contributed by atoms with van der Waals surface area (Å²) in [6.07, 6.45) is 5.11. The molecular weight excluding hydrogens is 212 g/mol. The number of amides is 1. The highest BCUT2D eigenvalue weighted by Gasteiger charge is 2.18. The van der Waals surface area contributed by atoms with Crippen molar-refractivity contribution in [3.8, 4) is 0 Å². The zero-order valence-corrected chi connectivity index (χ0v) is 12.0. The lowest BCUT2D eigenvalue weighted by Gasteiger charge is -2.25. The minimum absolute atomic E-state index is 0.145. The number of nitrogens with zero attached hydrogens (tertiary/aromatic N) is 1. The highest BCUT2D eigenvalue weighted by Crippen LogP contribution is 2.13. The molecule has 3 nitrogen and oxygen atoms in total. The van der Waals surface area contributed by atoms with Crippen molar-refractivity contribution in [1.82, 2.24) is 4.90 Å². The number of hydrogen-bond acceptors (Lipinski definition) is 2. The average molecular weight is 242 g/mol. The first-order valence-corrected chi connectivity index (χ1v) is 7.07. The minimum Gasteiger partial charge on any atom is -0.342 e. The highest BCUT2D eigenvalue weighted by atomic mass is 16.2. The maximum Gasteiger partial charge on any atom is 0.225 e. The van der Waals surface area contributed by atoms with Gasteiger partial charge in [0.25, 0.3) is 0 Å². The van der Waals surface area contributed by atoms with Gasteiger partial charge in [0.2, 0.25) is 5.91 Å². The third kappa shape index (κ3) is 7.37. The van der Waals surface area contributed by atoms with Crippen molar-refractivity contribution in [2.75, 3.05) is 13.1 Å². The molecule has 0 saturated carbocycles. The number of carbonyl (C=O) groups is 1. The monoisotopic (exact) mass is 242 g/mol. The molecule has 0 fully saturated rings. The van der Waals surface area contributed by atoms with Crippen molar-refractivity contribution < 1.29 is 4.79 Å². The molecule has 0 saturated heterocycles. The average Bonchev–Trinajstić information content (AvgIpc) is 2.27. The SMILES string of the molecule is CCCN(CCC)C(=O)C(C)CCCC(C)N. The number of carbonyl (C=O) groups excluding carboxylic acids is 1. The van der Waals surface area contributed by atoms with Crippen molar-refractivity contribution in [3.05, 3.63) is 0 Å². The maximum atomic E-state index is 12.2. The molecule has 0 aromatic carbocycles. The van der Waals surface area contributed by atoms with Crippen LogP contribution in [0, 0.1) is 5.92 Å². The molecular formula is C14H30N2O. The number of nitrogens with two attached hydrogens (primary N) is 1. The third-order valence-electron chi connectivity index (χ3n) is 3.02. The van der Waals surface area contributed by atoms with E-state index in [1.807, 2.05) is 18.7 Å². The van der Waals surface area contributed by atoms with E-state index in [4.69, 9.17) is 5.73 Å². The van der Waals surface area contributed by atoms with Gasteiger partial charge in [-0.05, 0) is 32.6 Å². The molecule has 0 radical (unpaired) electrons. The van der Waals surface area contributed by atoms with Crippen molar-refractivity contribution in [2.24, 2.45) is 11.7 Å². The predicted molar refractivity (Wildman–Crippen MR) is 73.8 cm³/mol. The van der Waals surface area contributed by atoms with Crippen molar-refractivity contribution >= 4 is 5.91 Å². The Balaban J connectivity index is 4.05. The largest absolute Gasteiger partial charge is 0.342 e. The van der Waals surface area contributed by atoms with Crippen LogP contribution in [0.1, 0.15) is 59.8 Å². The Morgan fingerprint density at radius 2 is 1.65 bits per heavy atom. The first-order valence-electron chi connectivity index (χ1n) is 7.07. The third-order valence-corrected chi connectivity index (χ3v) is 3.02. The van der Waals surface area contributed by atoms with E-state index < -0.39 is 0 Å². The summed E-state index contributed by atoms with van der Waals surface area (Å²) in [4.78, 5) is 14.2. The summed E-state index contributed by atoms with van der Waals surface area (Å²) in [6, 6.07) is 0.250. The van der Waals surface area contributed by atoms with E-state index in [1.165, 1.54) is 0 Å². The zero-order chi connectivity index (χ0) is 13.3. The summed E-state index contributed by atoms with van der Waals surface area (Å²) in [7, 11) is 0. The van der Waals surface area contributed by atoms with E-state index in [9.17, 15) is 4.79 Å². The van der Waals surface area contributed by atoms with Gasteiger partial charge in [-0.25, -0.2) is 0 Å². The van der Waals surface area contributed by atoms with Crippen LogP contribution >= 0.6 is 0 Å². The Morgan fingerprint density at radius 3 is 2.06 bits per heavy atom. The lowest BCUT2D eigenvalue weighted by Crippen LogP contribution is -2.36. The number of hydrogen-bond donors (Lipinski definition) is 1. The van der Waals surface area contributed by atoms with Crippen LogP contribution in [0.5, 0.6) is 0 Å². The second-order valence-corrected chi connectivity index (χ2v) is 5.13. The van der Waals surface area contributed by atoms with Crippen LogP contribution in [-0.2, 0) is 4.79 Å².